The first-order valence-electron chi connectivity index (χ1n) is 8.73. The third-order valence-electron chi connectivity index (χ3n) is 3.92. The van der Waals surface area contributed by atoms with E-state index < -0.39 is 17.6 Å². The summed E-state index contributed by atoms with van der Waals surface area (Å²) in [7, 11) is 0. The van der Waals surface area contributed by atoms with Gasteiger partial charge >= 0.3 is 6.18 Å². The van der Waals surface area contributed by atoms with E-state index in [1.165, 1.54) is 34.1 Å². The van der Waals surface area contributed by atoms with Crippen molar-refractivity contribution in [2.75, 3.05) is 11.1 Å². The maximum absolute atomic E-state index is 13.1. The van der Waals surface area contributed by atoms with Crippen LogP contribution in [0, 0.1) is 5.92 Å². The van der Waals surface area contributed by atoms with Crippen molar-refractivity contribution >= 4 is 44.9 Å². The first kappa shape index (κ1) is 21.4. The van der Waals surface area contributed by atoms with Crippen LogP contribution in [0.1, 0.15) is 19.4 Å². The van der Waals surface area contributed by atoms with E-state index in [1.54, 1.807) is 11.4 Å². The quantitative estimate of drug-likeness (QED) is 0.438. The molecule has 0 aliphatic rings. The number of rotatable bonds is 6. The van der Waals surface area contributed by atoms with Gasteiger partial charge in [0.2, 0.25) is 5.91 Å². The van der Waals surface area contributed by atoms with Gasteiger partial charge in [-0.3, -0.25) is 14.2 Å². The lowest BCUT2D eigenvalue weighted by atomic mass is 10.1. The van der Waals surface area contributed by atoms with Gasteiger partial charge in [0.05, 0.1) is 22.5 Å². The summed E-state index contributed by atoms with van der Waals surface area (Å²) < 4.78 is 41.3. The molecule has 0 aliphatic carbocycles. The van der Waals surface area contributed by atoms with Gasteiger partial charge in [0.1, 0.15) is 4.70 Å². The number of halogens is 3. The Kier molecular flexibility index (Phi) is 6.33. The number of hydrogen-bond acceptors (Lipinski definition) is 5. The Hall–Kier alpha value is -2.33. The van der Waals surface area contributed by atoms with Gasteiger partial charge in [-0.25, -0.2) is 4.98 Å². The van der Waals surface area contributed by atoms with Gasteiger partial charge in [-0.05, 0) is 29.5 Å². The van der Waals surface area contributed by atoms with Crippen molar-refractivity contribution in [3.8, 4) is 0 Å². The fraction of sp³-hybridized carbons (Fsp3) is 0.316. The second-order valence-electron chi connectivity index (χ2n) is 6.72. The lowest BCUT2D eigenvalue weighted by molar-refractivity contribution is -0.137. The molecule has 2 heterocycles. The van der Waals surface area contributed by atoms with Crippen LogP contribution in [-0.4, -0.2) is 21.2 Å². The van der Waals surface area contributed by atoms with Gasteiger partial charge in [-0.1, -0.05) is 37.7 Å². The maximum Gasteiger partial charge on any atom is 0.418 e. The van der Waals surface area contributed by atoms with Crippen molar-refractivity contribution < 1.29 is 18.0 Å². The first-order valence-corrected chi connectivity index (χ1v) is 10.6. The Morgan fingerprint density at radius 2 is 2.00 bits per heavy atom. The number of thioether (sulfide) groups is 1. The lowest BCUT2D eigenvalue weighted by Crippen LogP contribution is -2.25. The summed E-state index contributed by atoms with van der Waals surface area (Å²) in [6.07, 6.45) is -4.57. The summed E-state index contributed by atoms with van der Waals surface area (Å²) in [6.45, 7) is 4.35. The molecule has 29 heavy (non-hydrogen) atoms. The van der Waals surface area contributed by atoms with Gasteiger partial charge in [-0.2, -0.15) is 13.2 Å². The molecule has 1 aromatic carbocycles. The number of fused-ring (bicyclic) bond motifs is 1. The third-order valence-corrected chi connectivity index (χ3v) is 5.79. The highest BCUT2D eigenvalue weighted by Crippen LogP contribution is 2.34. The Morgan fingerprint density at radius 3 is 2.69 bits per heavy atom. The fourth-order valence-electron chi connectivity index (χ4n) is 2.72. The molecule has 0 bridgehead atoms. The van der Waals surface area contributed by atoms with Crippen LogP contribution >= 0.6 is 23.1 Å². The van der Waals surface area contributed by atoms with Crippen molar-refractivity contribution in [1.82, 2.24) is 9.55 Å². The highest BCUT2D eigenvalue weighted by molar-refractivity contribution is 7.99. The molecule has 5 nitrogen and oxygen atoms in total. The van der Waals surface area contributed by atoms with E-state index in [-0.39, 0.29) is 22.9 Å². The minimum absolute atomic E-state index is 0.174. The zero-order valence-electron chi connectivity index (χ0n) is 15.6. The average Bonchev–Trinajstić information content (AvgIpc) is 3.10. The second-order valence-corrected chi connectivity index (χ2v) is 8.58. The first-order chi connectivity index (χ1) is 13.7. The van der Waals surface area contributed by atoms with Gasteiger partial charge in [0.25, 0.3) is 5.56 Å². The number of anilines is 1. The third kappa shape index (κ3) is 4.99. The van der Waals surface area contributed by atoms with Gasteiger partial charge in [-0.15, -0.1) is 11.3 Å². The largest absolute Gasteiger partial charge is 0.418 e. The Bertz CT molecular complexity index is 1090. The van der Waals surface area contributed by atoms with E-state index in [2.05, 4.69) is 10.3 Å². The van der Waals surface area contributed by atoms with Gasteiger partial charge in [0, 0.05) is 6.54 Å². The predicted molar refractivity (Wildman–Crippen MR) is 110 cm³/mol. The van der Waals surface area contributed by atoms with Crippen molar-refractivity contribution in [1.29, 1.82) is 0 Å². The van der Waals surface area contributed by atoms with Crippen LogP contribution in [0.5, 0.6) is 0 Å². The topological polar surface area (TPSA) is 64.0 Å². The number of nitrogens with one attached hydrogen (secondary N) is 1. The normalized spacial score (nSPS) is 11.9. The van der Waals surface area contributed by atoms with Crippen LogP contribution < -0.4 is 10.9 Å². The van der Waals surface area contributed by atoms with Crippen molar-refractivity contribution in [3.05, 3.63) is 51.6 Å². The van der Waals surface area contributed by atoms with Crippen LogP contribution in [0.3, 0.4) is 0 Å². The zero-order valence-corrected chi connectivity index (χ0v) is 17.2. The van der Waals surface area contributed by atoms with E-state index in [1.807, 2.05) is 13.8 Å². The molecule has 2 aromatic heterocycles. The van der Waals surface area contributed by atoms with E-state index in [0.29, 0.717) is 21.9 Å². The Morgan fingerprint density at radius 1 is 1.28 bits per heavy atom. The van der Waals surface area contributed by atoms with Crippen LogP contribution in [0.4, 0.5) is 18.9 Å². The number of para-hydroxylation sites is 1. The number of carbonyl (C=O) groups is 1. The number of thiophene rings is 1. The number of hydrogen-bond donors (Lipinski definition) is 1. The molecule has 3 rings (SSSR count). The minimum atomic E-state index is -4.57. The number of aromatic nitrogens is 2. The summed E-state index contributed by atoms with van der Waals surface area (Å²) in [6, 6.07) is 6.53. The molecular weight excluding hydrogens is 423 g/mol. The molecular formula is C19H18F3N3O2S2. The van der Waals surface area contributed by atoms with Crippen molar-refractivity contribution in [3.63, 3.8) is 0 Å². The number of benzene rings is 1. The monoisotopic (exact) mass is 441 g/mol. The molecule has 154 valence electrons. The van der Waals surface area contributed by atoms with E-state index in [0.717, 1.165) is 17.8 Å². The molecule has 1 N–H and O–H groups in total. The minimum Gasteiger partial charge on any atom is -0.325 e. The SMILES string of the molecule is CC(C)Cn1c(SCC(=O)Nc2ccccc2C(F)(F)F)nc2ccsc2c1=O. The van der Waals surface area contributed by atoms with E-state index >= 15 is 0 Å². The molecule has 3 aromatic rings. The van der Waals surface area contributed by atoms with Gasteiger partial charge < -0.3 is 5.32 Å². The summed E-state index contributed by atoms with van der Waals surface area (Å²) in [4.78, 5) is 29.5. The molecule has 0 atom stereocenters. The predicted octanol–water partition coefficient (Wildman–Crippen LogP) is 4.86. The summed E-state index contributed by atoms with van der Waals surface area (Å²) in [5.41, 5.74) is -0.839. The van der Waals surface area contributed by atoms with Crippen LogP contribution in [0.15, 0.2) is 45.7 Å². The van der Waals surface area contributed by atoms with Crippen LogP contribution in [0.25, 0.3) is 10.2 Å². The molecule has 0 radical (unpaired) electrons. The Labute approximate surface area is 173 Å². The van der Waals surface area contributed by atoms with Gasteiger partial charge in [0.15, 0.2) is 5.16 Å². The smallest absolute Gasteiger partial charge is 0.325 e. The molecule has 1 amide bonds. The molecule has 0 saturated carbocycles. The molecule has 0 fully saturated rings. The molecule has 0 saturated heterocycles. The summed E-state index contributed by atoms with van der Waals surface area (Å²) >= 11 is 2.33. The highest BCUT2D eigenvalue weighted by Gasteiger charge is 2.33. The second kappa shape index (κ2) is 8.58. The number of amides is 1. The molecule has 0 unspecified atom stereocenters. The van der Waals surface area contributed by atoms with Crippen molar-refractivity contribution in [2.24, 2.45) is 5.92 Å². The zero-order chi connectivity index (χ0) is 21.2. The number of carbonyl (C=O) groups excluding carboxylic acids is 1. The standard InChI is InChI=1S/C19H18F3N3O2S2/c1-11(2)9-25-17(27)16-14(7-8-28-16)24-18(25)29-10-15(26)23-13-6-4-3-5-12(13)19(20,21)22/h3-8,11H,9-10H2,1-2H3,(H,23,26). The maximum atomic E-state index is 13.1. The summed E-state index contributed by atoms with van der Waals surface area (Å²) in [5.74, 6) is -0.604. The lowest BCUT2D eigenvalue weighted by Gasteiger charge is -2.15. The molecule has 0 spiro atoms. The Balaban J connectivity index is 1.81. The average molecular weight is 442 g/mol. The van der Waals surface area contributed by atoms with E-state index in [9.17, 15) is 22.8 Å². The van der Waals surface area contributed by atoms with Crippen LogP contribution in [0.2, 0.25) is 0 Å². The molecule has 0 aliphatic heterocycles. The summed E-state index contributed by atoms with van der Waals surface area (Å²) in [5, 5.41) is 4.44. The van der Waals surface area contributed by atoms with E-state index in [4.69, 9.17) is 0 Å². The highest BCUT2D eigenvalue weighted by atomic mass is 32.2. The fourth-order valence-corrected chi connectivity index (χ4v) is 4.30. The number of nitrogens with zero attached hydrogens (tertiary/aromatic N) is 2. The van der Waals surface area contributed by atoms with Crippen LogP contribution in [-0.2, 0) is 17.5 Å². The van der Waals surface area contributed by atoms with Crippen molar-refractivity contribution in [2.45, 2.75) is 31.7 Å². The molecule has 10 heteroatoms. The number of alkyl halides is 3.